The Bertz CT molecular complexity index is 443. The molecular weight excluding hydrogens is 231 g/mol. The summed E-state index contributed by atoms with van der Waals surface area (Å²) in [5, 5.41) is 3.14. The van der Waals surface area contributed by atoms with E-state index in [1.54, 1.807) is 17.0 Å². The second-order valence-corrected chi connectivity index (χ2v) is 4.79. The van der Waals surface area contributed by atoms with Crippen molar-refractivity contribution in [2.75, 3.05) is 19.6 Å². The first kappa shape index (κ1) is 13.0. The standard InChI is InChI=1S/C14H19FN2O/c1-3-6-17(11-8-16-9-11)14(18)12-7-10(2)4-5-13(12)15/h4-5,7,11,16H,3,6,8-9H2,1-2H3. The molecule has 18 heavy (non-hydrogen) atoms. The number of carbonyl (C=O) groups excluding carboxylic acids is 1. The topological polar surface area (TPSA) is 32.3 Å². The van der Waals surface area contributed by atoms with E-state index in [-0.39, 0.29) is 17.5 Å². The van der Waals surface area contributed by atoms with Crippen LogP contribution in [0.2, 0.25) is 0 Å². The molecule has 1 heterocycles. The second kappa shape index (κ2) is 5.48. The van der Waals surface area contributed by atoms with E-state index in [0.717, 1.165) is 25.1 Å². The maximum atomic E-state index is 13.7. The summed E-state index contributed by atoms with van der Waals surface area (Å²) in [6.07, 6.45) is 0.885. The number of benzene rings is 1. The number of rotatable bonds is 4. The molecule has 2 rings (SSSR count). The highest BCUT2D eigenvalue weighted by Gasteiger charge is 2.29. The molecular formula is C14H19FN2O. The van der Waals surface area contributed by atoms with Gasteiger partial charge in [0, 0.05) is 19.6 Å². The van der Waals surface area contributed by atoms with Crippen molar-refractivity contribution in [3.63, 3.8) is 0 Å². The normalized spacial score (nSPS) is 15.3. The highest BCUT2D eigenvalue weighted by atomic mass is 19.1. The Morgan fingerprint density at radius 3 is 2.78 bits per heavy atom. The predicted octanol–water partition coefficient (Wildman–Crippen LogP) is 1.96. The molecule has 1 aliphatic rings. The smallest absolute Gasteiger partial charge is 0.257 e. The molecule has 0 saturated carbocycles. The van der Waals surface area contributed by atoms with Crippen LogP contribution in [0.15, 0.2) is 18.2 Å². The first-order valence-electron chi connectivity index (χ1n) is 6.41. The number of hydrogen-bond donors (Lipinski definition) is 1. The predicted molar refractivity (Wildman–Crippen MR) is 69.1 cm³/mol. The third-order valence-electron chi connectivity index (χ3n) is 3.28. The fourth-order valence-electron chi connectivity index (χ4n) is 2.14. The summed E-state index contributed by atoms with van der Waals surface area (Å²) < 4.78 is 13.7. The van der Waals surface area contributed by atoms with Crippen molar-refractivity contribution in [2.45, 2.75) is 26.3 Å². The molecule has 1 aliphatic heterocycles. The molecule has 0 aromatic heterocycles. The lowest BCUT2D eigenvalue weighted by atomic mass is 10.1. The molecule has 3 nitrogen and oxygen atoms in total. The van der Waals surface area contributed by atoms with Crippen LogP contribution >= 0.6 is 0 Å². The number of nitrogens with zero attached hydrogens (tertiary/aromatic N) is 1. The minimum absolute atomic E-state index is 0.190. The van der Waals surface area contributed by atoms with Crippen LogP contribution in [0, 0.1) is 12.7 Å². The molecule has 1 saturated heterocycles. The van der Waals surface area contributed by atoms with Gasteiger partial charge in [-0.2, -0.15) is 0 Å². The van der Waals surface area contributed by atoms with Gasteiger partial charge in [-0.3, -0.25) is 4.79 Å². The van der Waals surface area contributed by atoms with E-state index in [0.29, 0.717) is 6.54 Å². The summed E-state index contributed by atoms with van der Waals surface area (Å²) in [7, 11) is 0. The highest BCUT2D eigenvalue weighted by molar-refractivity contribution is 5.95. The largest absolute Gasteiger partial charge is 0.333 e. The number of amides is 1. The van der Waals surface area contributed by atoms with Crippen LogP contribution < -0.4 is 5.32 Å². The molecule has 0 atom stereocenters. The number of carbonyl (C=O) groups is 1. The Morgan fingerprint density at radius 2 is 2.22 bits per heavy atom. The summed E-state index contributed by atoms with van der Waals surface area (Å²) in [4.78, 5) is 14.2. The monoisotopic (exact) mass is 250 g/mol. The van der Waals surface area contributed by atoms with Gasteiger partial charge in [-0.1, -0.05) is 18.6 Å². The zero-order valence-corrected chi connectivity index (χ0v) is 10.9. The molecule has 1 aromatic rings. The van der Waals surface area contributed by atoms with Crippen molar-refractivity contribution in [3.8, 4) is 0 Å². The van der Waals surface area contributed by atoms with Gasteiger partial charge in [-0.25, -0.2) is 4.39 Å². The summed E-state index contributed by atoms with van der Waals surface area (Å²) in [6.45, 7) is 6.18. The van der Waals surface area contributed by atoms with E-state index < -0.39 is 5.82 Å². The number of hydrogen-bond acceptors (Lipinski definition) is 2. The van der Waals surface area contributed by atoms with Gasteiger partial charge in [-0.15, -0.1) is 0 Å². The summed E-state index contributed by atoms with van der Waals surface area (Å²) in [5.74, 6) is -0.622. The van der Waals surface area contributed by atoms with Gasteiger partial charge in [0.25, 0.3) is 5.91 Å². The van der Waals surface area contributed by atoms with Gasteiger partial charge in [0.2, 0.25) is 0 Å². The molecule has 0 aliphatic carbocycles. The molecule has 1 amide bonds. The van der Waals surface area contributed by atoms with Crippen LogP contribution in [0.5, 0.6) is 0 Å². The fourth-order valence-corrected chi connectivity index (χ4v) is 2.14. The van der Waals surface area contributed by atoms with E-state index in [4.69, 9.17) is 0 Å². The molecule has 1 fully saturated rings. The minimum atomic E-state index is -0.431. The summed E-state index contributed by atoms with van der Waals surface area (Å²) >= 11 is 0. The van der Waals surface area contributed by atoms with Crippen LogP contribution in [0.1, 0.15) is 29.3 Å². The maximum Gasteiger partial charge on any atom is 0.257 e. The molecule has 1 N–H and O–H groups in total. The second-order valence-electron chi connectivity index (χ2n) is 4.79. The summed E-state index contributed by atoms with van der Waals surface area (Å²) in [5.41, 5.74) is 1.10. The minimum Gasteiger partial charge on any atom is -0.333 e. The lowest BCUT2D eigenvalue weighted by molar-refractivity contribution is 0.0611. The third-order valence-corrected chi connectivity index (χ3v) is 3.28. The van der Waals surface area contributed by atoms with Crippen LogP contribution in [0.3, 0.4) is 0 Å². The van der Waals surface area contributed by atoms with Crippen LogP contribution in [0.25, 0.3) is 0 Å². The number of nitrogens with one attached hydrogen (secondary N) is 1. The van der Waals surface area contributed by atoms with Gasteiger partial charge in [-0.05, 0) is 25.5 Å². The van der Waals surface area contributed by atoms with Gasteiger partial charge >= 0.3 is 0 Å². The fraction of sp³-hybridized carbons (Fsp3) is 0.500. The zero-order valence-electron chi connectivity index (χ0n) is 10.9. The van der Waals surface area contributed by atoms with E-state index in [2.05, 4.69) is 5.32 Å². The lowest BCUT2D eigenvalue weighted by Gasteiger charge is -2.38. The van der Waals surface area contributed by atoms with E-state index >= 15 is 0 Å². The highest BCUT2D eigenvalue weighted by Crippen LogP contribution is 2.16. The SMILES string of the molecule is CCCN(C(=O)c1cc(C)ccc1F)C1CNC1. The Morgan fingerprint density at radius 1 is 1.50 bits per heavy atom. The molecule has 0 bridgehead atoms. The van der Waals surface area contributed by atoms with Gasteiger partial charge in [0.15, 0.2) is 0 Å². The van der Waals surface area contributed by atoms with Crippen molar-refractivity contribution in [2.24, 2.45) is 0 Å². The first-order valence-corrected chi connectivity index (χ1v) is 6.41. The average molecular weight is 250 g/mol. The van der Waals surface area contributed by atoms with Crippen molar-refractivity contribution < 1.29 is 9.18 Å². The van der Waals surface area contributed by atoms with Crippen molar-refractivity contribution >= 4 is 5.91 Å². The van der Waals surface area contributed by atoms with E-state index in [1.807, 2.05) is 13.8 Å². The van der Waals surface area contributed by atoms with Crippen molar-refractivity contribution in [1.82, 2.24) is 10.2 Å². The van der Waals surface area contributed by atoms with Gasteiger partial charge in [0.1, 0.15) is 5.82 Å². The van der Waals surface area contributed by atoms with Crippen molar-refractivity contribution in [1.29, 1.82) is 0 Å². The number of aryl methyl sites for hydroxylation is 1. The lowest BCUT2D eigenvalue weighted by Crippen LogP contribution is -2.59. The first-order chi connectivity index (χ1) is 8.63. The molecule has 0 spiro atoms. The van der Waals surface area contributed by atoms with Crippen LogP contribution in [-0.4, -0.2) is 36.5 Å². The van der Waals surface area contributed by atoms with E-state index in [1.165, 1.54) is 6.07 Å². The molecule has 4 heteroatoms. The molecule has 1 aromatic carbocycles. The maximum absolute atomic E-state index is 13.7. The zero-order chi connectivity index (χ0) is 13.1. The molecule has 0 unspecified atom stereocenters. The summed E-state index contributed by atoms with van der Waals surface area (Å²) in [6, 6.07) is 4.89. The van der Waals surface area contributed by atoms with Crippen molar-refractivity contribution in [3.05, 3.63) is 35.1 Å². The quantitative estimate of drug-likeness (QED) is 0.886. The number of halogens is 1. The van der Waals surface area contributed by atoms with Gasteiger partial charge in [0.05, 0.1) is 11.6 Å². The van der Waals surface area contributed by atoms with Gasteiger partial charge < -0.3 is 10.2 Å². The Hall–Kier alpha value is -1.42. The van der Waals surface area contributed by atoms with Crippen LogP contribution in [-0.2, 0) is 0 Å². The Labute approximate surface area is 107 Å². The Balaban J connectivity index is 2.23. The average Bonchev–Trinajstić information content (AvgIpc) is 2.28. The molecule has 0 radical (unpaired) electrons. The van der Waals surface area contributed by atoms with Crippen LogP contribution in [0.4, 0.5) is 4.39 Å². The third kappa shape index (κ3) is 2.53. The van der Waals surface area contributed by atoms with E-state index in [9.17, 15) is 9.18 Å². The molecule has 98 valence electrons. The Kier molecular flexibility index (Phi) is 3.97.